The SMILES string of the molecule is O=C(Nc1ccc(Cl)c(Cl)c1)C1CCN(Cc2ccccc2)C1. The number of amides is 1. The Morgan fingerprint density at radius 3 is 2.65 bits per heavy atom. The summed E-state index contributed by atoms with van der Waals surface area (Å²) < 4.78 is 0. The van der Waals surface area contributed by atoms with E-state index in [4.69, 9.17) is 23.2 Å². The predicted molar refractivity (Wildman–Crippen MR) is 94.9 cm³/mol. The van der Waals surface area contributed by atoms with E-state index in [1.54, 1.807) is 18.2 Å². The number of anilines is 1. The largest absolute Gasteiger partial charge is 0.326 e. The number of likely N-dealkylation sites (tertiary alicyclic amines) is 1. The van der Waals surface area contributed by atoms with Gasteiger partial charge >= 0.3 is 0 Å². The summed E-state index contributed by atoms with van der Waals surface area (Å²) in [6.45, 7) is 2.60. The molecule has 0 spiro atoms. The molecule has 3 rings (SSSR count). The summed E-state index contributed by atoms with van der Waals surface area (Å²) in [4.78, 5) is 14.7. The lowest BCUT2D eigenvalue weighted by Gasteiger charge is -2.16. The average molecular weight is 349 g/mol. The summed E-state index contributed by atoms with van der Waals surface area (Å²) in [7, 11) is 0. The first-order chi connectivity index (χ1) is 11.1. The number of benzene rings is 2. The van der Waals surface area contributed by atoms with E-state index in [0.717, 1.165) is 26.1 Å². The Kier molecular flexibility index (Phi) is 5.21. The number of carbonyl (C=O) groups is 1. The smallest absolute Gasteiger partial charge is 0.228 e. The van der Waals surface area contributed by atoms with E-state index < -0.39 is 0 Å². The van der Waals surface area contributed by atoms with Crippen molar-refractivity contribution in [3.05, 3.63) is 64.1 Å². The second kappa shape index (κ2) is 7.35. The zero-order valence-electron chi connectivity index (χ0n) is 12.6. The van der Waals surface area contributed by atoms with Gasteiger partial charge in [-0.15, -0.1) is 0 Å². The Balaban J connectivity index is 1.56. The first kappa shape index (κ1) is 16.3. The molecule has 1 atom stereocenters. The maximum Gasteiger partial charge on any atom is 0.228 e. The molecule has 1 amide bonds. The number of rotatable bonds is 4. The van der Waals surface area contributed by atoms with Gasteiger partial charge in [-0.1, -0.05) is 53.5 Å². The highest BCUT2D eigenvalue weighted by Gasteiger charge is 2.28. The minimum atomic E-state index is 0.00756. The zero-order valence-corrected chi connectivity index (χ0v) is 14.1. The summed E-state index contributed by atoms with van der Waals surface area (Å²) in [5.41, 5.74) is 1.96. The van der Waals surface area contributed by atoms with Crippen molar-refractivity contribution in [2.75, 3.05) is 18.4 Å². The first-order valence-electron chi connectivity index (χ1n) is 7.64. The Hall–Kier alpha value is -1.55. The van der Waals surface area contributed by atoms with Gasteiger partial charge in [-0.05, 0) is 36.7 Å². The molecule has 5 heteroatoms. The summed E-state index contributed by atoms with van der Waals surface area (Å²) in [6, 6.07) is 15.5. The van der Waals surface area contributed by atoms with Crippen LogP contribution in [0.4, 0.5) is 5.69 Å². The first-order valence-corrected chi connectivity index (χ1v) is 8.39. The summed E-state index contributed by atoms with van der Waals surface area (Å²) in [5.74, 6) is 0.0483. The van der Waals surface area contributed by atoms with Crippen molar-refractivity contribution in [2.45, 2.75) is 13.0 Å². The standard InChI is InChI=1S/C18H18Cl2N2O/c19-16-7-6-15(10-17(16)20)21-18(23)14-8-9-22(12-14)11-13-4-2-1-3-5-13/h1-7,10,14H,8-9,11-12H2,(H,21,23). The van der Waals surface area contributed by atoms with E-state index >= 15 is 0 Å². The lowest BCUT2D eigenvalue weighted by Crippen LogP contribution is -2.26. The van der Waals surface area contributed by atoms with Crippen LogP contribution in [0.5, 0.6) is 0 Å². The Labute approximate surface area is 146 Å². The normalized spacial score (nSPS) is 18.1. The van der Waals surface area contributed by atoms with Crippen LogP contribution in [0.25, 0.3) is 0 Å². The highest BCUT2D eigenvalue weighted by atomic mass is 35.5. The highest BCUT2D eigenvalue weighted by Crippen LogP contribution is 2.26. The molecule has 1 fully saturated rings. The van der Waals surface area contributed by atoms with Crippen molar-refractivity contribution in [1.82, 2.24) is 4.90 Å². The van der Waals surface area contributed by atoms with Gasteiger partial charge in [0.15, 0.2) is 0 Å². The minimum absolute atomic E-state index is 0.00756. The van der Waals surface area contributed by atoms with Crippen LogP contribution in [-0.2, 0) is 11.3 Å². The predicted octanol–water partition coefficient (Wildman–Crippen LogP) is 4.45. The topological polar surface area (TPSA) is 32.3 Å². The van der Waals surface area contributed by atoms with E-state index in [1.807, 2.05) is 18.2 Å². The van der Waals surface area contributed by atoms with Gasteiger partial charge in [0, 0.05) is 18.8 Å². The van der Waals surface area contributed by atoms with Crippen LogP contribution in [0.2, 0.25) is 10.0 Å². The van der Waals surface area contributed by atoms with Crippen molar-refractivity contribution in [3.8, 4) is 0 Å². The molecule has 0 bridgehead atoms. The van der Waals surface area contributed by atoms with Gasteiger partial charge in [-0.3, -0.25) is 9.69 Å². The number of hydrogen-bond acceptors (Lipinski definition) is 2. The Bertz CT molecular complexity index is 691. The molecule has 0 aliphatic carbocycles. The lowest BCUT2D eigenvalue weighted by molar-refractivity contribution is -0.119. The van der Waals surface area contributed by atoms with Gasteiger partial charge < -0.3 is 5.32 Å². The van der Waals surface area contributed by atoms with Crippen LogP contribution in [-0.4, -0.2) is 23.9 Å². The fourth-order valence-electron chi connectivity index (χ4n) is 2.85. The van der Waals surface area contributed by atoms with Gasteiger partial charge in [0.25, 0.3) is 0 Å². The maximum atomic E-state index is 12.4. The van der Waals surface area contributed by atoms with Crippen molar-refractivity contribution < 1.29 is 4.79 Å². The van der Waals surface area contributed by atoms with Crippen LogP contribution in [0.1, 0.15) is 12.0 Å². The summed E-state index contributed by atoms with van der Waals surface area (Å²) in [5, 5.41) is 3.86. The number of nitrogens with zero attached hydrogens (tertiary/aromatic N) is 1. The van der Waals surface area contributed by atoms with E-state index in [0.29, 0.717) is 15.7 Å². The molecule has 1 heterocycles. The van der Waals surface area contributed by atoms with Crippen LogP contribution < -0.4 is 5.32 Å². The molecule has 2 aromatic carbocycles. The maximum absolute atomic E-state index is 12.4. The van der Waals surface area contributed by atoms with Crippen LogP contribution in [0, 0.1) is 5.92 Å². The molecule has 0 saturated carbocycles. The second-order valence-corrected chi connectivity index (χ2v) is 6.64. The van der Waals surface area contributed by atoms with Crippen LogP contribution >= 0.6 is 23.2 Å². The average Bonchev–Trinajstić information content (AvgIpc) is 3.00. The molecule has 0 aromatic heterocycles. The quantitative estimate of drug-likeness (QED) is 0.884. The molecular weight excluding hydrogens is 331 g/mol. The molecule has 1 aliphatic rings. The molecular formula is C18H18Cl2N2O. The molecule has 1 aliphatic heterocycles. The van der Waals surface area contributed by atoms with E-state index in [-0.39, 0.29) is 11.8 Å². The van der Waals surface area contributed by atoms with Crippen LogP contribution in [0.15, 0.2) is 48.5 Å². The molecule has 3 nitrogen and oxygen atoms in total. The number of carbonyl (C=O) groups excluding carboxylic acids is 1. The molecule has 1 unspecified atom stereocenters. The Morgan fingerprint density at radius 2 is 1.91 bits per heavy atom. The summed E-state index contributed by atoms with van der Waals surface area (Å²) >= 11 is 11.9. The molecule has 1 saturated heterocycles. The third-order valence-electron chi connectivity index (χ3n) is 4.08. The molecule has 23 heavy (non-hydrogen) atoms. The summed E-state index contributed by atoms with van der Waals surface area (Å²) in [6.07, 6.45) is 0.875. The lowest BCUT2D eigenvalue weighted by atomic mass is 10.1. The number of halogens is 2. The van der Waals surface area contributed by atoms with Gasteiger partial charge in [0.05, 0.1) is 16.0 Å². The van der Waals surface area contributed by atoms with E-state index in [1.165, 1.54) is 5.56 Å². The minimum Gasteiger partial charge on any atom is -0.326 e. The van der Waals surface area contributed by atoms with Crippen molar-refractivity contribution in [1.29, 1.82) is 0 Å². The van der Waals surface area contributed by atoms with Gasteiger partial charge in [0.1, 0.15) is 0 Å². The number of hydrogen-bond donors (Lipinski definition) is 1. The fourth-order valence-corrected chi connectivity index (χ4v) is 3.15. The highest BCUT2D eigenvalue weighted by molar-refractivity contribution is 6.42. The van der Waals surface area contributed by atoms with Gasteiger partial charge in [-0.2, -0.15) is 0 Å². The van der Waals surface area contributed by atoms with Gasteiger partial charge in [-0.25, -0.2) is 0 Å². The van der Waals surface area contributed by atoms with Crippen molar-refractivity contribution in [3.63, 3.8) is 0 Å². The third kappa shape index (κ3) is 4.25. The zero-order chi connectivity index (χ0) is 16.2. The molecule has 1 N–H and O–H groups in total. The van der Waals surface area contributed by atoms with Crippen LogP contribution in [0.3, 0.4) is 0 Å². The molecule has 120 valence electrons. The fraction of sp³-hybridized carbons (Fsp3) is 0.278. The van der Waals surface area contributed by atoms with E-state index in [9.17, 15) is 4.79 Å². The third-order valence-corrected chi connectivity index (χ3v) is 4.82. The molecule has 2 aromatic rings. The van der Waals surface area contributed by atoms with Gasteiger partial charge in [0.2, 0.25) is 5.91 Å². The van der Waals surface area contributed by atoms with Crippen molar-refractivity contribution in [2.24, 2.45) is 5.92 Å². The van der Waals surface area contributed by atoms with E-state index in [2.05, 4.69) is 22.3 Å². The molecule has 0 radical (unpaired) electrons. The second-order valence-electron chi connectivity index (χ2n) is 5.82. The monoisotopic (exact) mass is 348 g/mol. The number of nitrogens with one attached hydrogen (secondary N) is 1. The van der Waals surface area contributed by atoms with Crippen molar-refractivity contribution >= 4 is 34.8 Å². The Morgan fingerprint density at radius 1 is 1.13 bits per heavy atom.